The molecule has 96 valence electrons. The van der Waals surface area contributed by atoms with Crippen LogP contribution < -0.4 is 11.1 Å². The molecule has 0 aromatic carbocycles. The summed E-state index contributed by atoms with van der Waals surface area (Å²) in [5.74, 6) is 0.663. The average molecular weight is 246 g/mol. The minimum absolute atomic E-state index is 0.261. The number of nitrogens with two attached hydrogens (primary N) is 1. The SMILES string of the molecule is N#Cc1nc(NCCOC2CCCC2)ccc1N. The molecule has 0 bridgehead atoms. The molecule has 2 rings (SSSR count). The highest BCUT2D eigenvalue weighted by Crippen LogP contribution is 2.20. The van der Waals surface area contributed by atoms with Crippen LogP contribution in [-0.4, -0.2) is 24.2 Å². The highest BCUT2D eigenvalue weighted by molar-refractivity contribution is 5.54. The van der Waals surface area contributed by atoms with Crippen molar-refractivity contribution in [2.75, 3.05) is 24.2 Å². The second kappa shape index (κ2) is 6.22. The number of hydrogen-bond acceptors (Lipinski definition) is 5. The first kappa shape index (κ1) is 12.7. The van der Waals surface area contributed by atoms with Gasteiger partial charge in [0.1, 0.15) is 11.9 Å². The molecule has 0 spiro atoms. The van der Waals surface area contributed by atoms with E-state index < -0.39 is 0 Å². The van der Waals surface area contributed by atoms with Crippen LogP contribution in [0.1, 0.15) is 31.4 Å². The Morgan fingerprint density at radius 3 is 2.94 bits per heavy atom. The van der Waals surface area contributed by atoms with E-state index in [1.165, 1.54) is 25.7 Å². The van der Waals surface area contributed by atoms with Crippen molar-refractivity contribution in [3.05, 3.63) is 17.8 Å². The van der Waals surface area contributed by atoms with Crippen molar-refractivity contribution in [1.82, 2.24) is 4.98 Å². The molecule has 5 nitrogen and oxygen atoms in total. The Labute approximate surface area is 107 Å². The molecule has 3 N–H and O–H groups in total. The van der Waals surface area contributed by atoms with Crippen LogP contribution in [0.2, 0.25) is 0 Å². The molecule has 1 aliphatic carbocycles. The van der Waals surface area contributed by atoms with Crippen molar-refractivity contribution in [3.8, 4) is 6.07 Å². The van der Waals surface area contributed by atoms with E-state index in [9.17, 15) is 0 Å². The van der Waals surface area contributed by atoms with Crippen LogP contribution in [0.15, 0.2) is 12.1 Å². The van der Waals surface area contributed by atoms with Gasteiger partial charge in [0.25, 0.3) is 0 Å². The maximum absolute atomic E-state index is 8.81. The standard InChI is InChI=1S/C13H18N4O/c14-9-12-11(15)5-6-13(17-12)16-7-8-18-10-3-1-2-4-10/h5-6,10H,1-4,7-8,15H2,(H,16,17). The van der Waals surface area contributed by atoms with Crippen molar-refractivity contribution >= 4 is 11.5 Å². The van der Waals surface area contributed by atoms with Crippen LogP contribution in [0.5, 0.6) is 0 Å². The van der Waals surface area contributed by atoms with Crippen LogP contribution >= 0.6 is 0 Å². The molecule has 0 saturated heterocycles. The predicted octanol–water partition coefficient (Wildman–Crippen LogP) is 1.91. The first-order valence-corrected chi connectivity index (χ1v) is 6.31. The molecule has 0 atom stereocenters. The molecule has 1 fully saturated rings. The Balaban J connectivity index is 1.74. The number of hydrogen-bond donors (Lipinski definition) is 2. The van der Waals surface area contributed by atoms with E-state index in [2.05, 4.69) is 10.3 Å². The number of rotatable bonds is 5. The van der Waals surface area contributed by atoms with Crippen LogP contribution in [0.25, 0.3) is 0 Å². The number of nitrogens with zero attached hydrogens (tertiary/aromatic N) is 2. The smallest absolute Gasteiger partial charge is 0.165 e. The van der Waals surface area contributed by atoms with Gasteiger partial charge in [0.15, 0.2) is 5.69 Å². The van der Waals surface area contributed by atoms with Gasteiger partial charge in [-0.3, -0.25) is 0 Å². The van der Waals surface area contributed by atoms with E-state index in [1.807, 2.05) is 6.07 Å². The highest BCUT2D eigenvalue weighted by atomic mass is 16.5. The molecule has 1 aliphatic rings. The first-order valence-electron chi connectivity index (χ1n) is 6.31. The topological polar surface area (TPSA) is 84.0 Å². The quantitative estimate of drug-likeness (QED) is 0.775. The van der Waals surface area contributed by atoms with E-state index in [-0.39, 0.29) is 5.69 Å². The van der Waals surface area contributed by atoms with E-state index in [1.54, 1.807) is 12.1 Å². The zero-order valence-corrected chi connectivity index (χ0v) is 10.4. The second-order valence-electron chi connectivity index (χ2n) is 4.45. The lowest BCUT2D eigenvalue weighted by atomic mass is 10.3. The molecular formula is C13H18N4O. The van der Waals surface area contributed by atoms with Gasteiger partial charge in [-0.25, -0.2) is 4.98 Å². The molecule has 1 aromatic rings. The van der Waals surface area contributed by atoms with E-state index in [0.717, 1.165) is 0 Å². The summed E-state index contributed by atoms with van der Waals surface area (Å²) in [6.07, 6.45) is 5.35. The third kappa shape index (κ3) is 3.34. The van der Waals surface area contributed by atoms with E-state index in [0.29, 0.717) is 30.8 Å². The van der Waals surface area contributed by atoms with Gasteiger partial charge in [0.2, 0.25) is 0 Å². The van der Waals surface area contributed by atoms with Crippen LogP contribution in [0.4, 0.5) is 11.5 Å². The van der Waals surface area contributed by atoms with Crippen molar-refractivity contribution in [2.45, 2.75) is 31.8 Å². The Morgan fingerprint density at radius 2 is 2.22 bits per heavy atom. The number of pyridine rings is 1. The zero-order valence-electron chi connectivity index (χ0n) is 10.4. The van der Waals surface area contributed by atoms with Gasteiger partial charge >= 0.3 is 0 Å². The van der Waals surface area contributed by atoms with Gasteiger partial charge in [-0.2, -0.15) is 5.26 Å². The number of nitriles is 1. The minimum atomic E-state index is 0.261. The molecular weight excluding hydrogens is 228 g/mol. The van der Waals surface area contributed by atoms with Crippen LogP contribution in [0, 0.1) is 11.3 Å². The Morgan fingerprint density at radius 1 is 1.44 bits per heavy atom. The molecule has 1 heterocycles. The van der Waals surface area contributed by atoms with Gasteiger partial charge in [-0.05, 0) is 25.0 Å². The van der Waals surface area contributed by atoms with Gasteiger partial charge in [0, 0.05) is 6.54 Å². The number of nitrogens with one attached hydrogen (secondary N) is 1. The monoisotopic (exact) mass is 246 g/mol. The lowest BCUT2D eigenvalue weighted by Gasteiger charge is -2.11. The molecule has 18 heavy (non-hydrogen) atoms. The normalized spacial score (nSPS) is 15.5. The number of aromatic nitrogens is 1. The van der Waals surface area contributed by atoms with Gasteiger partial charge in [-0.1, -0.05) is 12.8 Å². The molecule has 0 amide bonds. The third-order valence-corrected chi connectivity index (χ3v) is 3.10. The molecule has 0 radical (unpaired) electrons. The fourth-order valence-corrected chi connectivity index (χ4v) is 2.12. The lowest BCUT2D eigenvalue weighted by molar-refractivity contribution is 0.0658. The first-order chi connectivity index (χ1) is 8.79. The summed E-state index contributed by atoms with van der Waals surface area (Å²) in [5.41, 5.74) is 6.27. The van der Waals surface area contributed by atoms with Crippen LogP contribution in [-0.2, 0) is 4.74 Å². The number of anilines is 2. The predicted molar refractivity (Wildman–Crippen MR) is 70.1 cm³/mol. The van der Waals surface area contributed by atoms with Gasteiger partial charge in [0.05, 0.1) is 18.4 Å². The van der Waals surface area contributed by atoms with Crippen molar-refractivity contribution in [2.24, 2.45) is 0 Å². The summed E-state index contributed by atoms with van der Waals surface area (Å²) in [7, 11) is 0. The number of nitrogen functional groups attached to an aromatic ring is 1. The van der Waals surface area contributed by atoms with Gasteiger partial charge in [-0.15, -0.1) is 0 Å². The molecule has 5 heteroatoms. The minimum Gasteiger partial charge on any atom is -0.396 e. The molecule has 1 saturated carbocycles. The maximum Gasteiger partial charge on any atom is 0.165 e. The lowest BCUT2D eigenvalue weighted by Crippen LogP contribution is -2.16. The van der Waals surface area contributed by atoms with Crippen LogP contribution in [0.3, 0.4) is 0 Å². The van der Waals surface area contributed by atoms with E-state index >= 15 is 0 Å². The molecule has 1 aromatic heterocycles. The Hall–Kier alpha value is -1.80. The van der Waals surface area contributed by atoms with Crippen molar-refractivity contribution in [3.63, 3.8) is 0 Å². The van der Waals surface area contributed by atoms with Crippen molar-refractivity contribution < 1.29 is 4.74 Å². The maximum atomic E-state index is 8.81. The average Bonchev–Trinajstić information content (AvgIpc) is 2.89. The second-order valence-corrected chi connectivity index (χ2v) is 4.45. The fourth-order valence-electron chi connectivity index (χ4n) is 2.12. The zero-order chi connectivity index (χ0) is 12.8. The third-order valence-electron chi connectivity index (χ3n) is 3.10. The largest absolute Gasteiger partial charge is 0.396 e. The Kier molecular flexibility index (Phi) is 4.37. The number of ether oxygens (including phenoxy) is 1. The highest BCUT2D eigenvalue weighted by Gasteiger charge is 2.14. The summed E-state index contributed by atoms with van der Waals surface area (Å²) in [4.78, 5) is 4.11. The van der Waals surface area contributed by atoms with E-state index in [4.69, 9.17) is 15.7 Å². The summed E-state index contributed by atoms with van der Waals surface area (Å²) < 4.78 is 5.72. The van der Waals surface area contributed by atoms with Crippen molar-refractivity contribution in [1.29, 1.82) is 5.26 Å². The Bertz CT molecular complexity index is 435. The summed E-state index contributed by atoms with van der Waals surface area (Å²) >= 11 is 0. The fraction of sp³-hybridized carbons (Fsp3) is 0.538. The van der Waals surface area contributed by atoms with Gasteiger partial charge < -0.3 is 15.8 Å². The molecule has 0 unspecified atom stereocenters. The molecule has 0 aliphatic heterocycles. The summed E-state index contributed by atoms with van der Waals surface area (Å²) in [6, 6.07) is 5.42. The summed E-state index contributed by atoms with van der Waals surface area (Å²) in [5, 5.41) is 11.9. The summed E-state index contributed by atoms with van der Waals surface area (Å²) in [6.45, 7) is 1.36.